The van der Waals surface area contributed by atoms with Crippen LogP contribution in [-0.2, 0) is 0 Å². The summed E-state index contributed by atoms with van der Waals surface area (Å²) in [7, 11) is 4.62. The Labute approximate surface area is 159 Å². The maximum Gasteiger partial charge on any atom is 0.221 e. The van der Waals surface area contributed by atoms with E-state index in [1.807, 2.05) is 18.2 Å². The fraction of sp³-hybridized carbons (Fsp3) is 0.150. The van der Waals surface area contributed by atoms with Crippen molar-refractivity contribution in [2.45, 2.75) is 0 Å². The smallest absolute Gasteiger partial charge is 0.221 e. The molecule has 0 N–H and O–H groups in total. The predicted octanol–water partition coefficient (Wildman–Crippen LogP) is 5.12. The molecule has 6 heteroatoms. The first-order valence-electron chi connectivity index (χ1n) is 7.78. The molecule has 0 amide bonds. The highest BCUT2D eigenvalue weighted by Gasteiger charge is 2.15. The number of allylic oxidation sites excluding steroid dienone is 1. The summed E-state index contributed by atoms with van der Waals surface area (Å²) >= 11 is 3.40. The van der Waals surface area contributed by atoms with Crippen molar-refractivity contribution >= 4 is 38.8 Å². The van der Waals surface area contributed by atoms with Gasteiger partial charge in [0.15, 0.2) is 17.3 Å². The average molecular weight is 417 g/mol. The SMILES string of the molecule is COc1ccc(C=CC(=O)c2cc3cc(Br)ccc3o2)c(OC)c1OC. The molecule has 26 heavy (non-hydrogen) atoms. The van der Waals surface area contributed by atoms with Crippen LogP contribution in [0.25, 0.3) is 17.0 Å². The molecule has 0 atom stereocenters. The first-order valence-corrected chi connectivity index (χ1v) is 8.57. The average Bonchev–Trinajstić information content (AvgIpc) is 3.08. The second-order valence-electron chi connectivity index (χ2n) is 5.41. The van der Waals surface area contributed by atoms with Crippen LogP contribution in [0.4, 0.5) is 0 Å². The van der Waals surface area contributed by atoms with Gasteiger partial charge in [-0.2, -0.15) is 0 Å². The van der Waals surface area contributed by atoms with Crippen molar-refractivity contribution in [3.05, 3.63) is 58.3 Å². The number of hydrogen-bond donors (Lipinski definition) is 0. The normalized spacial score (nSPS) is 11.1. The molecule has 0 aliphatic rings. The molecule has 0 unspecified atom stereocenters. The summed E-state index contributed by atoms with van der Waals surface area (Å²) in [6, 6.07) is 10.8. The second-order valence-corrected chi connectivity index (χ2v) is 6.33. The molecule has 0 aliphatic carbocycles. The summed E-state index contributed by atoms with van der Waals surface area (Å²) in [5, 5.41) is 0.861. The fourth-order valence-corrected chi connectivity index (χ4v) is 3.02. The van der Waals surface area contributed by atoms with Gasteiger partial charge in [-0.15, -0.1) is 0 Å². The van der Waals surface area contributed by atoms with Crippen LogP contribution in [-0.4, -0.2) is 27.1 Å². The van der Waals surface area contributed by atoms with Crippen molar-refractivity contribution in [1.29, 1.82) is 0 Å². The van der Waals surface area contributed by atoms with Gasteiger partial charge < -0.3 is 18.6 Å². The molecule has 0 spiro atoms. The number of fused-ring (bicyclic) bond motifs is 1. The van der Waals surface area contributed by atoms with E-state index in [4.69, 9.17) is 18.6 Å². The summed E-state index contributed by atoms with van der Waals surface area (Å²) < 4.78 is 22.6. The van der Waals surface area contributed by atoms with Crippen LogP contribution in [0.3, 0.4) is 0 Å². The van der Waals surface area contributed by atoms with Gasteiger partial charge in [-0.25, -0.2) is 0 Å². The molecule has 2 aromatic carbocycles. The standard InChI is InChI=1S/C20H17BrO5/c1-23-17-8-5-12(19(24-2)20(17)25-3)4-7-15(22)18-11-13-10-14(21)6-9-16(13)26-18/h4-11H,1-3H3. The third-order valence-electron chi connectivity index (χ3n) is 3.87. The lowest BCUT2D eigenvalue weighted by Gasteiger charge is -2.13. The van der Waals surface area contributed by atoms with E-state index in [2.05, 4.69) is 15.9 Å². The summed E-state index contributed by atoms with van der Waals surface area (Å²) in [6.45, 7) is 0. The number of methoxy groups -OCH3 is 3. The van der Waals surface area contributed by atoms with E-state index >= 15 is 0 Å². The zero-order valence-corrected chi connectivity index (χ0v) is 16.1. The Balaban J connectivity index is 1.92. The van der Waals surface area contributed by atoms with E-state index in [0.29, 0.717) is 28.4 Å². The van der Waals surface area contributed by atoms with Crippen LogP contribution in [0.1, 0.15) is 16.1 Å². The molecule has 0 radical (unpaired) electrons. The van der Waals surface area contributed by atoms with Crippen molar-refractivity contribution in [3.63, 3.8) is 0 Å². The number of hydrogen-bond acceptors (Lipinski definition) is 5. The quantitative estimate of drug-likeness (QED) is 0.412. The van der Waals surface area contributed by atoms with Crippen LogP contribution in [0.5, 0.6) is 17.2 Å². The predicted molar refractivity (Wildman–Crippen MR) is 103 cm³/mol. The summed E-state index contributed by atoms with van der Waals surface area (Å²) in [5.74, 6) is 1.54. The molecular formula is C20H17BrO5. The molecule has 5 nitrogen and oxygen atoms in total. The molecule has 0 saturated carbocycles. The lowest BCUT2D eigenvalue weighted by atomic mass is 10.1. The molecule has 1 heterocycles. The van der Waals surface area contributed by atoms with Gasteiger partial charge in [-0.3, -0.25) is 4.79 Å². The lowest BCUT2D eigenvalue weighted by molar-refractivity contribution is 0.102. The van der Waals surface area contributed by atoms with Gasteiger partial charge in [0.05, 0.1) is 21.3 Å². The maximum absolute atomic E-state index is 12.5. The van der Waals surface area contributed by atoms with Crippen LogP contribution >= 0.6 is 15.9 Å². The zero-order valence-electron chi connectivity index (χ0n) is 14.5. The lowest BCUT2D eigenvalue weighted by Crippen LogP contribution is -1.97. The summed E-state index contributed by atoms with van der Waals surface area (Å²) in [5.41, 5.74) is 1.35. The van der Waals surface area contributed by atoms with Crippen LogP contribution in [0, 0.1) is 0 Å². The van der Waals surface area contributed by atoms with E-state index in [1.54, 1.807) is 31.4 Å². The van der Waals surface area contributed by atoms with E-state index in [0.717, 1.165) is 9.86 Å². The molecule has 134 valence electrons. The van der Waals surface area contributed by atoms with Gasteiger partial charge in [-0.05, 0) is 48.6 Å². The molecule has 0 fully saturated rings. The van der Waals surface area contributed by atoms with Crippen molar-refractivity contribution in [3.8, 4) is 17.2 Å². The summed E-state index contributed by atoms with van der Waals surface area (Å²) in [6.07, 6.45) is 3.10. The van der Waals surface area contributed by atoms with Gasteiger partial charge in [-0.1, -0.05) is 15.9 Å². The summed E-state index contributed by atoms with van der Waals surface area (Å²) in [4.78, 5) is 12.5. The fourth-order valence-electron chi connectivity index (χ4n) is 2.64. The van der Waals surface area contributed by atoms with E-state index < -0.39 is 0 Å². The molecular weight excluding hydrogens is 400 g/mol. The largest absolute Gasteiger partial charge is 0.493 e. The van der Waals surface area contributed by atoms with Crippen molar-refractivity contribution < 1.29 is 23.4 Å². The minimum atomic E-state index is -0.242. The Morgan fingerprint density at radius 3 is 2.46 bits per heavy atom. The first kappa shape index (κ1) is 18.1. The molecule has 3 aromatic rings. The van der Waals surface area contributed by atoms with Crippen molar-refractivity contribution in [2.75, 3.05) is 21.3 Å². The number of halogens is 1. The second kappa shape index (κ2) is 7.66. The Morgan fingerprint density at radius 1 is 1.00 bits per heavy atom. The van der Waals surface area contributed by atoms with Crippen LogP contribution in [0.2, 0.25) is 0 Å². The topological polar surface area (TPSA) is 57.9 Å². The molecule has 1 aromatic heterocycles. The maximum atomic E-state index is 12.5. The zero-order chi connectivity index (χ0) is 18.7. The monoisotopic (exact) mass is 416 g/mol. The first-order chi connectivity index (χ1) is 12.6. The Morgan fingerprint density at radius 2 is 1.77 bits per heavy atom. The van der Waals surface area contributed by atoms with Gasteiger partial charge in [0, 0.05) is 15.4 Å². The number of rotatable bonds is 6. The van der Waals surface area contributed by atoms with Crippen molar-refractivity contribution in [1.82, 2.24) is 0 Å². The molecule has 0 bridgehead atoms. The minimum absolute atomic E-state index is 0.242. The van der Waals surface area contributed by atoms with Crippen LogP contribution in [0.15, 0.2) is 51.4 Å². The highest BCUT2D eigenvalue weighted by atomic mass is 79.9. The minimum Gasteiger partial charge on any atom is -0.493 e. The van der Waals surface area contributed by atoms with E-state index in [-0.39, 0.29) is 11.5 Å². The van der Waals surface area contributed by atoms with Crippen LogP contribution < -0.4 is 14.2 Å². The third kappa shape index (κ3) is 3.46. The number of furan rings is 1. The number of carbonyl (C=O) groups is 1. The van der Waals surface area contributed by atoms with Crippen molar-refractivity contribution in [2.24, 2.45) is 0 Å². The molecule has 0 aliphatic heterocycles. The molecule has 3 rings (SSSR count). The van der Waals surface area contributed by atoms with Gasteiger partial charge in [0.2, 0.25) is 11.5 Å². The van der Waals surface area contributed by atoms with Gasteiger partial charge in [0.1, 0.15) is 5.58 Å². The van der Waals surface area contributed by atoms with Gasteiger partial charge in [0.25, 0.3) is 0 Å². The third-order valence-corrected chi connectivity index (χ3v) is 4.36. The van der Waals surface area contributed by atoms with Gasteiger partial charge >= 0.3 is 0 Å². The highest BCUT2D eigenvalue weighted by molar-refractivity contribution is 9.10. The Kier molecular flexibility index (Phi) is 5.32. The number of ether oxygens (including phenoxy) is 3. The number of ketones is 1. The number of benzene rings is 2. The number of carbonyl (C=O) groups excluding carboxylic acids is 1. The highest BCUT2D eigenvalue weighted by Crippen LogP contribution is 2.40. The van der Waals surface area contributed by atoms with E-state index in [1.165, 1.54) is 20.3 Å². The Hall–Kier alpha value is -2.73. The molecule has 0 saturated heterocycles. The van der Waals surface area contributed by atoms with E-state index in [9.17, 15) is 4.79 Å². The Bertz CT molecular complexity index is 987.